The first-order chi connectivity index (χ1) is 14.8. The fraction of sp³-hybridized carbons (Fsp3) is 0.269. The van der Waals surface area contributed by atoms with Crippen LogP contribution in [0, 0.1) is 20.8 Å². The molecule has 0 N–H and O–H groups in total. The molecule has 0 bridgehead atoms. The third kappa shape index (κ3) is 4.78. The van der Waals surface area contributed by atoms with Gasteiger partial charge in [-0.3, -0.25) is 0 Å². The Kier molecular flexibility index (Phi) is 6.08. The van der Waals surface area contributed by atoms with Gasteiger partial charge >= 0.3 is 0 Å². The molecule has 1 heterocycles. The van der Waals surface area contributed by atoms with Gasteiger partial charge in [0.2, 0.25) is 0 Å². The Labute approximate surface area is 186 Å². The van der Waals surface area contributed by atoms with Gasteiger partial charge in [0.05, 0.1) is 14.6 Å². The van der Waals surface area contributed by atoms with Crippen molar-refractivity contribution in [1.82, 2.24) is 4.31 Å². The van der Waals surface area contributed by atoms with Crippen LogP contribution in [0.3, 0.4) is 0 Å². The Hall–Kier alpha value is -2.76. The molecule has 1 fully saturated rings. The molecule has 5 heteroatoms. The Bertz CT molecular complexity index is 1150. The molecule has 4 nitrogen and oxygen atoms in total. The topological polar surface area (TPSA) is 32.8 Å². The van der Waals surface area contributed by atoms with Crippen molar-refractivity contribution in [2.75, 3.05) is 31.1 Å². The monoisotopic (exact) mass is 434 g/mol. The molecule has 1 aliphatic rings. The fourth-order valence-corrected chi connectivity index (χ4v) is 5.91. The summed E-state index contributed by atoms with van der Waals surface area (Å²) in [6.45, 7) is 9.11. The molecule has 0 spiro atoms. The number of nitrogens with zero attached hydrogens (tertiary/aromatic N) is 2. The van der Waals surface area contributed by atoms with Crippen molar-refractivity contribution in [3.8, 4) is 11.5 Å². The lowest BCUT2D eigenvalue weighted by molar-refractivity contribution is 0.405. The van der Waals surface area contributed by atoms with Gasteiger partial charge < -0.3 is 9.64 Å². The molecule has 3 aromatic carbocycles. The SMILES string of the molecule is C=S(=O)(c1cc(C)ccc1Oc1cc(C)cc(C)c1)N1CCN(c2ccccc2)CC1. The zero-order valence-corrected chi connectivity index (χ0v) is 19.3. The molecule has 31 heavy (non-hydrogen) atoms. The number of hydrogen-bond donors (Lipinski definition) is 0. The van der Waals surface area contributed by atoms with Gasteiger partial charge in [-0.05, 0) is 79.7 Å². The number of ether oxygens (including phenoxy) is 1. The fourth-order valence-electron chi connectivity index (χ4n) is 4.09. The Balaban J connectivity index is 1.59. The van der Waals surface area contributed by atoms with Crippen LogP contribution in [-0.4, -0.2) is 40.6 Å². The van der Waals surface area contributed by atoms with E-state index in [1.807, 2.05) is 61.5 Å². The average molecular weight is 435 g/mol. The molecule has 162 valence electrons. The van der Waals surface area contributed by atoms with E-state index in [0.717, 1.165) is 35.5 Å². The maximum absolute atomic E-state index is 14.0. The quantitative estimate of drug-likeness (QED) is 0.517. The molecule has 4 rings (SSSR count). The summed E-state index contributed by atoms with van der Waals surface area (Å²) in [5.41, 5.74) is 4.52. The Morgan fingerprint density at radius 2 is 1.45 bits per heavy atom. The summed E-state index contributed by atoms with van der Waals surface area (Å²) < 4.78 is 22.2. The number of piperazine rings is 1. The Morgan fingerprint density at radius 1 is 0.806 bits per heavy atom. The summed E-state index contributed by atoms with van der Waals surface area (Å²) in [5.74, 6) is 5.56. The van der Waals surface area contributed by atoms with E-state index in [0.29, 0.717) is 23.7 Å². The standard InChI is InChI=1S/C26H30N2O2S/c1-20-10-11-25(30-24-17-21(2)16-22(3)18-24)26(19-20)31(4,29)28-14-12-27(13-15-28)23-8-6-5-7-9-23/h5-11,16-19H,4,12-15H2,1-3H3. The third-order valence-electron chi connectivity index (χ3n) is 5.64. The maximum Gasteiger partial charge on any atom is 0.144 e. The van der Waals surface area contributed by atoms with Gasteiger partial charge in [0.15, 0.2) is 0 Å². The number of para-hydroxylation sites is 1. The van der Waals surface area contributed by atoms with E-state index in [1.54, 1.807) is 0 Å². The van der Waals surface area contributed by atoms with Gasteiger partial charge in [-0.25, -0.2) is 8.51 Å². The van der Waals surface area contributed by atoms with E-state index in [-0.39, 0.29) is 0 Å². The van der Waals surface area contributed by atoms with Crippen LogP contribution in [0.5, 0.6) is 11.5 Å². The van der Waals surface area contributed by atoms with Crippen LogP contribution in [-0.2, 0) is 9.71 Å². The lowest BCUT2D eigenvalue weighted by Crippen LogP contribution is -2.48. The minimum Gasteiger partial charge on any atom is -0.456 e. The van der Waals surface area contributed by atoms with Gasteiger partial charge in [0.25, 0.3) is 0 Å². The molecule has 1 aliphatic heterocycles. The van der Waals surface area contributed by atoms with E-state index in [1.165, 1.54) is 5.69 Å². The number of benzene rings is 3. The van der Waals surface area contributed by atoms with E-state index in [9.17, 15) is 4.21 Å². The smallest absolute Gasteiger partial charge is 0.144 e. The summed E-state index contributed by atoms with van der Waals surface area (Å²) in [6, 6.07) is 22.3. The van der Waals surface area contributed by atoms with Crippen LogP contribution in [0.2, 0.25) is 0 Å². The lowest BCUT2D eigenvalue weighted by Gasteiger charge is -2.37. The zero-order chi connectivity index (χ0) is 22.0. The summed E-state index contributed by atoms with van der Waals surface area (Å²) >= 11 is 0. The van der Waals surface area contributed by atoms with Crippen LogP contribution in [0.15, 0.2) is 71.6 Å². The predicted molar refractivity (Wildman–Crippen MR) is 131 cm³/mol. The van der Waals surface area contributed by atoms with Crippen LogP contribution in [0.1, 0.15) is 16.7 Å². The molecular weight excluding hydrogens is 404 g/mol. The molecule has 0 aromatic heterocycles. The molecule has 0 saturated carbocycles. The highest BCUT2D eigenvalue weighted by molar-refractivity contribution is 7.98. The highest BCUT2D eigenvalue weighted by Crippen LogP contribution is 2.33. The second kappa shape index (κ2) is 8.77. The largest absolute Gasteiger partial charge is 0.456 e. The highest BCUT2D eigenvalue weighted by atomic mass is 32.2. The number of rotatable bonds is 5. The first kappa shape index (κ1) is 21.5. The minimum absolute atomic E-state index is 0.612. The van der Waals surface area contributed by atoms with Crippen molar-refractivity contribution in [2.24, 2.45) is 0 Å². The maximum atomic E-state index is 14.0. The average Bonchev–Trinajstić information content (AvgIpc) is 2.75. The molecule has 0 amide bonds. The van der Waals surface area contributed by atoms with Gasteiger partial charge in [-0.1, -0.05) is 30.3 Å². The summed E-state index contributed by atoms with van der Waals surface area (Å²) in [7, 11) is -2.68. The van der Waals surface area contributed by atoms with Crippen molar-refractivity contribution in [3.05, 3.63) is 83.4 Å². The third-order valence-corrected chi connectivity index (χ3v) is 7.85. The highest BCUT2D eigenvalue weighted by Gasteiger charge is 2.27. The van der Waals surface area contributed by atoms with Crippen molar-refractivity contribution in [3.63, 3.8) is 0 Å². The second-order valence-electron chi connectivity index (χ2n) is 8.27. The summed E-state index contributed by atoms with van der Waals surface area (Å²) in [4.78, 5) is 3.00. The van der Waals surface area contributed by atoms with Crippen LogP contribution in [0.4, 0.5) is 5.69 Å². The van der Waals surface area contributed by atoms with Crippen LogP contribution in [0.25, 0.3) is 0 Å². The summed E-state index contributed by atoms with van der Waals surface area (Å²) in [6.07, 6.45) is 0. The first-order valence-electron chi connectivity index (χ1n) is 10.6. The zero-order valence-electron chi connectivity index (χ0n) is 18.5. The number of anilines is 1. The predicted octanol–water partition coefficient (Wildman–Crippen LogP) is 5.22. The van der Waals surface area contributed by atoms with Gasteiger partial charge in [-0.15, -0.1) is 0 Å². The Morgan fingerprint density at radius 3 is 2.10 bits per heavy atom. The molecule has 1 unspecified atom stereocenters. The van der Waals surface area contributed by atoms with Crippen LogP contribution >= 0.6 is 0 Å². The summed E-state index contributed by atoms with van der Waals surface area (Å²) in [5, 5.41) is 0. The van der Waals surface area contributed by atoms with Crippen molar-refractivity contribution >= 4 is 21.3 Å². The molecular formula is C26H30N2O2S. The number of hydrogen-bond acceptors (Lipinski definition) is 3. The minimum atomic E-state index is -2.68. The molecule has 0 aliphatic carbocycles. The normalized spacial score (nSPS) is 16.7. The molecule has 3 aromatic rings. The van der Waals surface area contributed by atoms with Crippen molar-refractivity contribution < 1.29 is 8.95 Å². The lowest BCUT2D eigenvalue weighted by atomic mass is 10.1. The molecule has 1 atom stereocenters. The van der Waals surface area contributed by atoms with Gasteiger partial charge in [0, 0.05) is 31.9 Å². The first-order valence-corrected chi connectivity index (χ1v) is 12.3. The van der Waals surface area contributed by atoms with E-state index < -0.39 is 9.71 Å². The molecule has 0 radical (unpaired) electrons. The van der Waals surface area contributed by atoms with Crippen LogP contribution < -0.4 is 9.64 Å². The van der Waals surface area contributed by atoms with Crippen molar-refractivity contribution in [1.29, 1.82) is 0 Å². The van der Waals surface area contributed by atoms with Crippen molar-refractivity contribution in [2.45, 2.75) is 25.7 Å². The van der Waals surface area contributed by atoms with Gasteiger partial charge in [-0.2, -0.15) is 0 Å². The van der Waals surface area contributed by atoms with E-state index >= 15 is 0 Å². The molecule has 1 saturated heterocycles. The second-order valence-corrected chi connectivity index (χ2v) is 10.5. The van der Waals surface area contributed by atoms with Gasteiger partial charge in [0.1, 0.15) is 11.5 Å². The number of aryl methyl sites for hydroxylation is 3. The van der Waals surface area contributed by atoms with E-state index in [2.05, 4.69) is 41.1 Å². The van der Waals surface area contributed by atoms with E-state index in [4.69, 9.17) is 4.74 Å².